The van der Waals surface area contributed by atoms with E-state index in [0.717, 1.165) is 12.8 Å². The lowest BCUT2D eigenvalue weighted by molar-refractivity contribution is 0.250. The maximum atomic E-state index is 12.6. The first-order valence-corrected chi connectivity index (χ1v) is 8.22. The fourth-order valence-corrected chi connectivity index (χ4v) is 3.91. The molecule has 1 fully saturated rings. The summed E-state index contributed by atoms with van der Waals surface area (Å²) in [5.41, 5.74) is 0.626. The number of benzene rings is 1. The van der Waals surface area contributed by atoms with Crippen LogP contribution in [0.15, 0.2) is 29.2 Å². The van der Waals surface area contributed by atoms with Gasteiger partial charge in [0.25, 0.3) is 0 Å². The second-order valence-electron chi connectivity index (χ2n) is 5.06. The third kappa shape index (κ3) is 3.16. The van der Waals surface area contributed by atoms with Gasteiger partial charge in [0.2, 0.25) is 10.0 Å². The van der Waals surface area contributed by atoms with Crippen LogP contribution in [0.2, 0.25) is 0 Å². The van der Waals surface area contributed by atoms with Gasteiger partial charge in [-0.05, 0) is 36.5 Å². The molecule has 1 aromatic carbocycles. The van der Waals surface area contributed by atoms with E-state index in [2.05, 4.69) is 0 Å². The number of sulfonamides is 1. The molecule has 0 bridgehead atoms. The molecule has 1 aliphatic carbocycles. The van der Waals surface area contributed by atoms with Crippen LogP contribution < -0.4 is 0 Å². The van der Waals surface area contributed by atoms with Gasteiger partial charge in [0, 0.05) is 13.1 Å². The Morgan fingerprint density at radius 2 is 2.11 bits per heavy atom. The quantitative estimate of drug-likeness (QED) is 0.868. The van der Waals surface area contributed by atoms with E-state index in [9.17, 15) is 8.42 Å². The van der Waals surface area contributed by atoms with Crippen LogP contribution in [0.1, 0.15) is 31.7 Å². The van der Waals surface area contributed by atoms with Crippen molar-refractivity contribution in [3.63, 3.8) is 0 Å². The van der Waals surface area contributed by atoms with Crippen LogP contribution >= 0.6 is 0 Å². The highest BCUT2D eigenvalue weighted by Gasteiger charge is 2.28. The van der Waals surface area contributed by atoms with Crippen molar-refractivity contribution < 1.29 is 13.5 Å². The minimum Gasteiger partial charge on any atom is -0.392 e. The van der Waals surface area contributed by atoms with E-state index in [1.165, 1.54) is 6.42 Å². The van der Waals surface area contributed by atoms with E-state index in [1.54, 1.807) is 28.6 Å². The summed E-state index contributed by atoms with van der Waals surface area (Å²) in [5, 5.41) is 9.11. The lowest BCUT2D eigenvalue weighted by Gasteiger charge is -2.31. The first-order valence-electron chi connectivity index (χ1n) is 6.78. The Morgan fingerprint density at radius 3 is 2.63 bits per heavy atom. The Labute approximate surface area is 115 Å². The topological polar surface area (TPSA) is 57.6 Å². The minimum absolute atomic E-state index is 0.141. The number of hydrogen-bond acceptors (Lipinski definition) is 3. The van der Waals surface area contributed by atoms with E-state index in [4.69, 9.17) is 5.11 Å². The molecule has 0 radical (unpaired) electrons. The SMILES string of the molecule is CCN(CC1CCC1)S(=O)(=O)c1cccc(CO)c1. The van der Waals surface area contributed by atoms with Gasteiger partial charge < -0.3 is 5.11 Å². The summed E-state index contributed by atoms with van der Waals surface area (Å²) in [6, 6.07) is 6.55. The van der Waals surface area contributed by atoms with E-state index in [-0.39, 0.29) is 11.5 Å². The van der Waals surface area contributed by atoms with E-state index in [1.807, 2.05) is 6.92 Å². The number of aliphatic hydroxyl groups excluding tert-OH is 1. The molecule has 1 aromatic rings. The molecular weight excluding hydrogens is 262 g/mol. The molecule has 0 aromatic heterocycles. The summed E-state index contributed by atoms with van der Waals surface area (Å²) >= 11 is 0. The van der Waals surface area contributed by atoms with Crippen molar-refractivity contribution in [2.24, 2.45) is 5.92 Å². The molecule has 0 spiro atoms. The fourth-order valence-electron chi connectivity index (χ4n) is 2.31. The van der Waals surface area contributed by atoms with Crippen molar-refractivity contribution in [2.75, 3.05) is 13.1 Å². The van der Waals surface area contributed by atoms with Gasteiger partial charge in [0.15, 0.2) is 0 Å². The zero-order valence-electron chi connectivity index (χ0n) is 11.2. The molecule has 5 heteroatoms. The van der Waals surface area contributed by atoms with E-state index in [0.29, 0.717) is 24.6 Å². The average molecular weight is 283 g/mol. The summed E-state index contributed by atoms with van der Waals surface area (Å²) in [5.74, 6) is 0.510. The molecule has 0 atom stereocenters. The molecule has 0 saturated heterocycles. The normalized spacial score (nSPS) is 16.6. The minimum atomic E-state index is -3.43. The first kappa shape index (κ1) is 14.5. The maximum absolute atomic E-state index is 12.6. The second kappa shape index (κ2) is 6.03. The Bertz CT molecular complexity index is 523. The summed E-state index contributed by atoms with van der Waals surface area (Å²) in [6.07, 6.45) is 3.47. The van der Waals surface area contributed by atoms with Crippen molar-refractivity contribution >= 4 is 10.0 Å². The highest BCUT2D eigenvalue weighted by atomic mass is 32.2. The Morgan fingerprint density at radius 1 is 1.37 bits per heavy atom. The summed E-state index contributed by atoms with van der Waals surface area (Å²) < 4.78 is 26.7. The fraction of sp³-hybridized carbons (Fsp3) is 0.571. The Balaban J connectivity index is 2.22. The molecule has 0 unspecified atom stereocenters. The van der Waals surface area contributed by atoms with Gasteiger partial charge in [-0.15, -0.1) is 0 Å². The van der Waals surface area contributed by atoms with Gasteiger partial charge >= 0.3 is 0 Å². The summed E-state index contributed by atoms with van der Waals surface area (Å²) in [7, 11) is -3.43. The molecule has 19 heavy (non-hydrogen) atoms. The van der Waals surface area contributed by atoms with Gasteiger partial charge in [0.05, 0.1) is 11.5 Å². The van der Waals surface area contributed by atoms with Crippen molar-refractivity contribution in [1.29, 1.82) is 0 Å². The zero-order chi connectivity index (χ0) is 13.9. The first-order chi connectivity index (χ1) is 9.07. The lowest BCUT2D eigenvalue weighted by Crippen LogP contribution is -2.37. The largest absolute Gasteiger partial charge is 0.392 e. The second-order valence-corrected chi connectivity index (χ2v) is 7.00. The van der Waals surface area contributed by atoms with Crippen LogP contribution in [0.4, 0.5) is 0 Å². The Kier molecular flexibility index (Phi) is 4.60. The highest BCUT2D eigenvalue weighted by Crippen LogP contribution is 2.29. The summed E-state index contributed by atoms with van der Waals surface area (Å²) in [6.45, 7) is 2.83. The van der Waals surface area contributed by atoms with Crippen LogP contribution in [-0.4, -0.2) is 30.9 Å². The van der Waals surface area contributed by atoms with Gasteiger partial charge in [-0.1, -0.05) is 25.5 Å². The van der Waals surface area contributed by atoms with Gasteiger partial charge in [-0.2, -0.15) is 4.31 Å². The maximum Gasteiger partial charge on any atom is 0.243 e. The molecule has 106 valence electrons. The zero-order valence-corrected chi connectivity index (χ0v) is 12.1. The molecule has 1 N–H and O–H groups in total. The van der Waals surface area contributed by atoms with Crippen LogP contribution in [-0.2, 0) is 16.6 Å². The van der Waals surface area contributed by atoms with Crippen molar-refractivity contribution in [2.45, 2.75) is 37.7 Å². The molecular formula is C14H21NO3S. The average Bonchev–Trinajstić information content (AvgIpc) is 2.37. The molecule has 0 amide bonds. The molecule has 2 rings (SSSR count). The number of rotatable bonds is 6. The highest BCUT2D eigenvalue weighted by molar-refractivity contribution is 7.89. The number of nitrogens with zero attached hydrogens (tertiary/aromatic N) is 1. The predicted octanol–water partition coefficient (Wildman–Crippen LogP) is 1.99. The number of hydrogen-bond donors (Lipinski definition) is 1. The van der Waals surface area contributed by atoms with Crippen molar-refractivity contribution in [3.8, 4) is 0 Å². The summed E-state index contributed by atoms with van der Waals surface area (Å²) in [4.78, 5) is 0.278. The molecule has 0 heterocycles. The smallest absolute Gasteiger partial charge is 0.243 e. The van der Waals surface area contributed by atoms with Crippen LogP contribution in [0, 0.1) is 5.92 Å². The Hall–Kier alpha value is -0.910. The molecule has 1 aliphatic rings. The van der Waals surface area contributed by atoms with Gasteiger partial charge in [-0.25, -0.2) is 8.42 Å². The molecule has 0 aliphatic heterocycles. The molecule has 1 saturated carbocycles. The lowest BCUT2D eigenvalue weighted by atomic mass is 9.85. The van der Waals surface area contributed by atoms with Gasteiger partial charge in [-0.3, -0.25) is 0 Å². The van der Waals surface area contributed by atoms with Crippen LogP contribution in [0.3, 0.4) is 0 Å². The van der Waals surface area contributed by atoms with Crippen molar-refractivity contribution in [3.05, 3.63) is 29.8 Å². The predicted molar refractivity (Wildman–Crippen MR) is 74.1 cm³/mol. The standard InChI is InChI=1S/C14H21NO3S/c1-2-15(10-12-5-3-6-12)19(17,18)14-8-4-7-13(9-14)11-16/h4,7-9,12,16H,2-3,5-6,10-11H2,1H3. The molecule has 4 nitrogen and oxygen atoms in total. The monoisotopic (exact) mass is 283 g/mol. The van der Waals surface area contributed by atoms with Gasteiger partial charge in [0.1, 0.15) is 0 Å². The van der Waals surface area contributed by atoms with E-state index < -0.39 is 10.0 Å². The number of aliphatic hydroxyl groups is 1. The van der Waals surface area contributed by atoms with Crippen molar-refractivity contribution in [1.82, 2.24) is 4.31 Å². The van der Waals surface area contributed by atoms with Crippen LogP contribution in [0.5, 0.6) is 0 Å². The third-order valence-electron chi connectivity index (χ3n) is 3.76. The third-order valence-corrected chi connectivity index (χ3v) is 5.69. The van der Waals surface area contributed by atoms with E-state index >= 15 is 0 Å². The van der Waals surface area contributed by atoms with Crippen LogP contribution in [0.25, 0.3) is 0 Å².